The van der Waals surface area contributed by atoms with Gasteiger partial charge in [0.05, 0.1) is 0 Å². The quantitative estimate of drug-likeness (QED) is 0.603. The SMILES string of the molecule is CN[C@H](C(=O)c1ccccc1)[C@@H](Oc1ccccc1)c1ccc(Cl)cc1. The highest BCUT2D eigenvalue weighted by molar-refractivity contribution is 6.30. The van der Waals surface area contributed by atoms with E-state index in [1.165, 1.54) is 0 Å². The summed E-state index contributed by atoms with van der Waals surface area (Å²) in [5.41, 5.74) is 1.52. The van der Waals surface area contributed by atoms with Crippen LogP contribution in [0.2, 0.25) is 5.02 Å². The van der Waals surface area contributed by atoms with Gasteiger partial charge in [0.15, 0.2) is 5.78 Å². The van der Waals surface area contributed by atoms with E-state index in [-0.39, 0.29) is 5.78 Å². The van der Waals surface area contributed by atoms with Crippen molar-refractivity contribution in [3.63, 3.8) is 0 Å². The fourth-order valence-electron chi connectivity index (χ4n) is 2.83. The Labute approximate surface area is 158 Å². The number of para-hydroxylation sites is 1. The maximum atomic E-state index is 13.1. The molecule has 0 spiro atoms. The summed E-state index contributed by atoms with van der Waals surface area (Å²) in [7, 11) is 1.77. The van der Waals surface area contributed by atoms with Gasteiger partial charge in [0.1, 0.15) is 17.9 Å². The van der Waals surface area contributed by atoms with Gasteiger partial charge in [-0.15, -0.1) is 0 Å². The van der Waals surface area contributed by atoms with Gasteiger partial charge in [-0.3, -0.25) is 4.79 Å². The van der Waals surface area contributed by atoms with E-state index in [0.29, 0.717) is 16.3 Å². The molecule has 0 bridgehead atoms. The second-order valence-electron chi connectivity index (χ2n) is 5.90. The lowest BCUT2D eigenvalue weighted by atomic mass is 9.94. The van der Waals surface area contributed by atoms with Crippen molar-refractivity contribution >= 4 is 17.4 Å². The summed E-state index contributed by atoms with van der Waals surface area (Å²) in [5.74, 6) is 0.678. The first-order chi connectivity index (χ1) is 12.7. The van der Waals surface area contributed by atoms with Gasteiger partial charge in [0.25, 0.3) is 0 Å². The van der Waals surface area contributed by atoms with Crippen molar-refractivity contribution in [3.05, 3.63) is 101 Å². The van der Waals surface area contributed by atoms with E-state index in [9.17, 15) is 4.79 Å². The van der Waals surface area contributed by atoms with Gasteiger partial charge < -0.3 is 10.1 Å². The maximum absolute atomic E-state index is 13.1. The number of carbonyl (C=O) groups excluding carboxylic acids is 1. The minimum absolute atomic E-state index is 0.0241. The molecule has 0 radical (unpaired) electrons. The molecule has 0 saturated carbocycles. The van der Waals surface area contributed by atoms with E-state index in [0.717, 1.165) is 5.56 Å². The summed E-state index contributed by atoms with van der Waals surface area (Å²) in [4.78, 5) is 13.1. The average Bonchev–Trinajstić information content (AvgIpc) is 2.70. The molecule has 0 heterocycles. The van der Waals surface area contributed by atoms with E-state index < -0.39 is 12.1 Å². The number of rotatable bonds is 7. The second kappa shape index (κ2) is 8.65. The zero-order valence-corrected chi connectivity index (χ0v) is 15.2. The van der Waals surface area contributed by atoms with Crippen LogP contribution in [-0.2, 0) is 0 Å². The number of halogens is 1. The van der Waals surface area contributed by atoms with Crippen molar-refractivity contribution in [2.75, 3.05) is 7.05 Å². The average molecular weight is 366 g/mol. The van der Waals surface area contributed by atoms with Gasteiger partial charge in [0, 0.05) is 10.6 Å². The Balaban J connectivity index is 1.97. The van der Waals surface area contributed by atoms with Crippen LogP contribution in [0.15, 0.2) is 84.9 Å². The predicted octanol–water partition coefficient (Wildman–Crippen LogP) is 4.93. The summed E-state index contributed by atoms with van der Waals surface area (Å²) in [6.07, 6.45) is -0.493. The van der Waals surface area contributed by atoms with Crippen molar-refractivity contribution in [2.24, 2.45) is 0 Å². The molecule has 3 nitrogen and oxygen atoms in total. The van der Waals surface area contributed by atoms with Crippen LogP contribution in [0, 0.1) is 0 Å². The first-order valence-corrected chi connectivity index (χ1v) is 8.80. The number of Topliss-reactive ketones (excluding diaryl/α,β-unsaturated/α-hetero) is 1. The Hall–Kier alpha value is -2.62. The monoisotopic (exact) mass is 365 g/mol. The molecule has 3 aromatic carbocycles. The zero-order chi connectivity index (χ0) is 18.4. The summed E-state index contributed by atoms with van der Waals surface area (Å²) in [5, 5.41) is 3.77. The van der Waals surface area contributed by atoms with Crippen LogP contribution in [0.4, 0.5) is 0 Å². The Bertz CT molecular complexity index is 835. The van der Waals surface area contributed by atoms with Crippen molar-refractivity contribution in [2.45, 2.75) is 12.1 Å². The number of ether oxygens (including phenoxy) is 1. The van der Waals surface area contributed by atoms with Crippen molar-refractivity contribution in [3.8, 4) is 5.75 Å². The van der Waals surface area contributed by atoms with Gasteiger partial charge in [-0.05, 0) is 36.9 Å². The number of hydrogen-bond donors (Lipinski definition) is 1. The second-order valence-corrected chi connectivity index (χ2v) is 6.34. The number of hydrogen-bond acceptors (Lipinski definition) is 3. The van der Waals surface area contributed by atoms with E-state index in [4.69, 9.17) is 16.3 Å². The fraction of sp³-hybridized carbons (Fsp3) is 0.136. The lowest BCUT2D eigenvalue weighted by Gasteiger charge is -2.27. The van der Waals surface area contributed by atoms with Crippen LogP contribution >= 0.6 is 11.6 Å². The molecule has 0 aromatic heterocycles. The Kier molecular flexibility index (Phi) is 6.05. The molecule has 0 aliphatic carbocycles. The molecular weight excluding hydrogens is 346 g/mol. The van der Waals surface area contributed by atoms with Crippen molar-refractivity contribution in [1.29, 1.82) is 0 Å². The van der Waals surface area contributed by atoms with Crippen LogP contribution in [0.5, 0.6) is 5.75 Å². The minimum atomic E-state index is -0.543. The number of carbonyl (C=O) groups is 1. The van der Waals surface area contributed by atoms with E-state index in [1.807, 2.05) is 72.8 Å². The molecule has 3 rings (SSSR count). The largest absolute Gasteiger partial charge is 0.484 e. The Morgan fingerprint density at radius 3 is 2.04 bits per heavy atom. The molecule has 0 unspecified atom stereocenters. The molecule has 0 fully saturated rings. The molecule has 0 aliphatic rings. The molecule has 1 N–H and O–H groups in total. The smallest absolute Gasteiger partial charge is 0.183 e. The lowest BCUT2D eigenvalue weighted by Crippen LogP contribution is -2.42. The van der Waals surface area contributed by atoms with Crippen LogP contribution in [0.1, 0.15) is 22.0 Å². The molecule has 0 saturated heterocycles. The highest BCUT2D eigenvalue weighted by atomic mass is 35.5. The number of benzene rings is 3. The molecule has 26 heavy (non-hydrogen) atoms. The van der Waals surface area contributed by atoms with Crippen LogP contribution in [0.3, 0.4) is 0 Å². The first kappa shape index (κ1) is 18.2. The predicted molar refractivity (Wildman–Crippen MR) is 105 cm³/mol. The van der Waals surface area contributed by atoms with Crippen LogP contribution in [-0.4, -0.2) is 18.9 Å². The van der Waals surface area contributed by atoms with Crippen molar-refractivity contribution in [1.82, 2.24) is 5.32 Å². The standard InChI is InChI=1S/C22H20ClNO2/c1-24-20(21(25)16-8-4-2-5-9-16)22(17-12-14-18(23)15-13-17)26-19-10-6-3-7-11-19/h2-15,20,22,24H,1H3/t20-,22+/m1/s1. The van der Waals surface area contributed by atoms with Gasteiger partial charge in [-0.2, -0.15) is 0 Å². The normalized spacial score (nSPS) is 13.0. The van der Waals surface area contributed by atoms with Crippen LogP contribution in [0.25, 0.3) is 0 Å². The number of nitrogens with one attached hydrogen (secondary N) is 1. The number of likely N-dealkylation sites (N-methyl/N-ethyl adjacent to an activating group) is 1. The third kappa shape index (κ3) is 4.31. The minimum Gasteiger partial charge on any atom is -0.484 e. The topological polar surface area (TPSA) is 38.3 Å². The van der Waals surface area contributed by atoms with E-state index >= 15 is 0 Å². The molecule has 3 aromatic rings. The summed E-state index contributed by atoms with van der Waals surface area (Å²) in [6, 6.07) is 25.6. The summed E-state index contributed by atoms with van der Waals surface area (Å²) in [6.45, 7) is 0. The number of ketones is 1. The highest BCUT2D eigenvalue weighted by Crippen LogP contribution is 2.27. The Morgan fingerprint density at radius 1 is 0.885 bits per heavy atom. The molecule has 132 valence electrons. The van der Waals surface area contributed by atoms with Crippen molar-refractivity contribution < 1.29 is 9.53 Å². The molecule has 0 amide bonds. The lowest BCUT2D eigenvalue weighted by molar-refractivity contribution is 0.0819. The van der Waals surface area contributed by atoms with Gasteiger partial charge in [-0.25, -0.2) is 0 Å². The van der Waals surface area contributed by atoms with E-state index in [1.54, 1.807) is 19.2 Å². The molecular formula is C22H20ClNO2. The van der Waals surface area contributed by atoms with Gasteiger partial charge in [0.2, 0.25) is 0 Å². The van der Waals surface area contributed by atoms with Crippen LogP contribution < -0.4 is 10.1 Å². The third-order valence-corrected chi connectivity index (χ3v) is 4.41. The zero-order valence-electron chi connectivity index (χ0n) is 14.4. The highest BCUT2D eigenvalue weighted by Gasteiger charge is 2.31. The summed E-state index contributed by atoms with van der Waals surface area (Å²) >= 11 is 6.03. The molecule has 0 aliphatic heterocycles. The molecule has 4 heteroatoms. The summed E-state index contributed by atoms with van der Waals surface area (Å²) < 4.78 is 6.21. The molecule has 2 atom stereocenters. The van der Waals surface area contributed by atoms with E-state index in [2.05, 4.69) is 5.32 Å². The maximum Gasteiger partial charge on any atom is 0.183 e. The first-order valence-electron chi connectivity index (χ1n) is 8.43. The fourth-order valence-corrected chi connectivity index (χ4v) is 2.95. The van der Waals surface area contributed by atoms with Gasteiger partial charge in [-0.1, -0.05) is 72.3 Å². The Morgan fingerprint density at radius 2 is 1.46 bits per heavy atom. The van der Waals surface area contributed by atoms with Gasteiger partial charge >= 0.3 is 0 Å². The third-order valence-electron chi connectivity index (χ3n) is 4.16.